The van der Waals surface area contributed by atoms with Crippen LogP contribution in [0, 0.1) is 6.92 Å². The summed E-state index contributed by atoms with van der Waals surface area (Å²) in [5, 5.41) is 0. The summed E-state index contributed by atoms with van der Waals surface area (Å²) in [6, 6.07) is 4.98. The van der Waals surface area contributed by atoms with Crippen LogP contribution in [0.3, 0.4) is 0 Å². The molecule has 4 heteroatoms. The summed E-state index contributed by atoms with van der Waals surface area (Å²) in [6.45, 7) is 3.93. The Morgan fingerprint density at radius 1 is 1.19 bits per heavy atom. The Morgan fingerprint density at radius 3 is 2.06 bits per heavy atom. The van der Waals surface area contributed by atoms with Gasteiger partial charge in [-0.15, -0.1) is 0 Å². The van der Waals surface area contributed by atoms with E-state index in [1.54, 1.807) is 31.2 Å². The first-order valence-corrected chi connectivity index (χ1v) is 5.19. The Bertz CT molecular complexity index is 329. The zero-order chi connectivity index (χ0) is 12.3. The minimum atomic E-state index is -4.24. The predicted molar refractivity (Wildman–Crippen MR) is 58.3 cm³/mol. The van der Waals surface area contributed by atoms with Gasteiger partial charge in [0.2, 0.25) is 0 Å². The molecule has 1 unspecified atom stereocenters. The van der Waals surface area contributed by atoms with Crippen LogP contribution in [-0.4, -0.2) is 24.7 Å². The number of nitrogens with zero attached hydrogens (tertiary/aromatic N) is 1. The van der Waals surface area contributed by atoms with Gasteiger partial charge < -0.3 is 0 Å². The fourth-order valence-corrected chi connectivity index (χ4v) is 1.62. The van der Waals surface area contributed by atoms with Gasteiger partial charge in [0.1, 0.15) is 6.04 Å². The highest BCUT2D eigenvalue weighted by atomic mass is 19.4. The summed E-state index contributed by atoms with van der Waals surface area (Å²) in [7, 11) is 1.48. The van der Waals surface area contributed by atoms with Gasteiger partial charge in [-0.3, -0.25) is 4.90 Å². The van der Waals surface area contributed by atoms with E-state index in [9.17, 15) is 13.2 Å². The molecule has 1 nitrogen and oxygen atoms in total. The lowest BCUT2D eigenvalue weighted by Gasteiger charge is -2.29. The molecule has 0 spiro atoms. The standard InChI is InChI=1S/C12H16F3N/c1-4-16(3)11(12(13,14)15)10-7-5-9(2)6-8-10/h5-8,11H,4H2,1-3H3. The van der Waals surface area contributed by atoms with Gasteiger partial charge in [0, 0.05) is 0 Å². The molecular weight excluding hydrogens is 215 g/mol. The van der Waals surface area contributed by atoms with Crippen LogP contribution in [0.25, 0.3) is 0 Å². The molecule has 1 atom stereocenters. The van der Waals surface area contributed by atoms with Crippen LogP contribution in [-0.2, 0) is 0 Å². The van der Waals surface area contributed by atoms with E-state index in [1.165, 1.54) is 11.9 Å². The van der Waals surface area contributed by atoms with E-state index in [-0.39, 0.29) is 0 Å². The first-order valence-electron chi connectivity index (χ1n) is 5.19. The SMILES string of the molecule is CCN(C)C(c1ccc(C)cc1)C(F)(F)F. The monoisotopic (exact) mass is 231 g/mol. The van der Waals surface area contributed by atoms with Crippen LogP contribution in [0.15, 0.2) is 24.3 Å². The Balaban J connectivity index is 3.06. The van der Waals surface area contributed by atoms with E-state index < -0.39 is 12.2 Å². The van der Waals surface area contributed by atoms with Gasteiger partial charge in [0.15, 0.2) is 0 Å². The predicted octanol–water partition coefficient (Wildman–Crippen LogP) is 3.55. The lowest BCUT2D eigenvalue weighted by atomic mass is 10.0. The second-order valence-electron chi connectivity index (χ2n) is 3.93. The summed E-state index contributed by atoms with van der Waals surface area (Å²) in [6.07, 6.45) is -4.24. The molecule has 0 aliphatic rings. The van der Waals surface area contributed by atoms with Crippen molar-refractivity contribution < 1.29 is 13.2 Å². The highest BCUT2D eigenvalue weighted by Crippen LogP contribution is 2.36. The molecule has 0 bridgehead atoms. The highest BCUT2D eigenvalue weighted by molar-refractivity contribution is 5.25. The molecule has 0 aliphatic heterocycles. The first-order chi connectivity index (χ1) is 7.36. The minimum Gasteiger partial charge on any atom is -0.292 e. The maximum atomic E-state index is 12.9. The molecule has 0 aliphatic carbocycles. The molecule has 0 heterocycles. The normalized spacial score (nSPS) is 14.2. The lowest BCUT2D eigenvalue weighted by Crippen LogP contribution is -2.35. The number of halogens is 3. The number of rotatable bonds is 3. The number of hydrogen-bond acceptors (Lipinski definition) is 1. The lowest BCUT2D eigenvalue weighted by molar-refractivity contribution is -0.182. The highest BCUT2D eigenvalue weighted by Gasteiger charge is 2.42. The zero-order valence-corrected chi connectivity index (χ0v) is 9.67. The fourth-order valence-electron chi connectivity index (χ4n) is 1.62. The molecule has 16 heavy (non-hydrogen) atoms. The second-order valence-corrected chi connectivity index (χ2v) is 3.93. The van der Waals surface area contributed by atoms with Crippen LogP contribution >= 0.6 is 0 Å². The summed E-state index contributed by atoms with van der Waals surface area (Å²) in [4.78, 5) is 1.30. The molecule has 0 amide bonds. The van der Waals surface area contributed by atoms with Gasteiger partial charge in [-0.2, -0.15) is 13.2 Å². The molecular formula is C12H16F3N. The fraction of sp³-hybridized carbons (Fsp3) is 0.500. The van der Waals surface area contributed by atoms with Crippen molar-refractivity contribution >= 4 is 0 Å². The Kier molecular flexibility index (Phi) is 3.97. The number of aryl methyl sites for hydroxylation is 1. The first kappa shape index (κ1) is 13.0. The quantitative estimate of drug-likeness (QED) is 0.769. The average Bonchev–Trinajstić information content (AvgIpc) is 2.19. The van der Waals surface area contributed by atoms with E-state index in [4.69, 9.17) is 0 Å². The molecule has 0 radical (unpaired) electrons. The zero-order valence-electron chi connectivity index (χ0n) is 9.67. The third-order valence-electron chi connectivity index (χ3n) is 2.64. The van der Waals surface area contributed by atoms with Crippen LogP contribution < -0.4 is 0 Å². The Morgan fingerprint density at radius 2 is 1.69 bits per heavy atom. The smallest absolute Gasteiger partial charge is 0.292 e. The summed E-state index contributed by atoms with van der Waals surface area (Å²) in [5.74, 6) is 0. The molecule has 0 N–H and O–H groups in total. The van der Waals surface area contributed by atoms with E-state index in [0.29, 0.717) is 12.1 Å². The van der Waals surface area contributed by atoms with Crippen molar-refractivity contribution in [1.29, 1.82) is 0 Å². The van der Waals surface area contributed by atoms with Crippen LogP contribution in [0.5, 0.6) is 0 Å². The maximum absolute atomic E-state index is 12.9. The van der Waals surface area contributed by atoms with Gasteiger partial charge in [-0.05, 0) is 26.1 Å². The third kappa shape index (κ3) is 2.98. The molecule has 1 aromatic carbocycles. The van der Waals surface area contributed by atoms with Gasteiger partial charge in [0.25, 0.3) is 0 Å². The van der Waals surface area contributed by atoms with Crippen LogP contribution in [0.2, 0.25) is 0 Å². The largest absolute Gasteiger partial charge is 0.408 e. The van der Waals surface area contributed by atoms with Gasteiger partial charge in [0.05, 0.1) is 0 Å². The van der Waals surface area contributed by atoms with Crippen molar-refractivity contribution in [3.8, 4) is 0 Å². The molecule has 0 saturated heterocycles. The topological polar surface area (TPSA) is 3.24 Å². The van der Waals surface area contributed by atoms with Crippen molar-refractivity contribution in [1.82, 2.24) is 4.90 Å². The van der Waals surface area contributed by atoms with E-state index in [0.717, 1.165) is 5.56 Å². The number of alkyl halides is 3. The molecule has 1 aromatic rings. The van der Waals surface area contributed by atoms with Gasteiger partial charge >= 0.3 is 6.18 Å². The van der Waals surface area contributed by atoms with Gasteiger partial charge in [-0.1, -0.05) is 36.8 Å². The van der Waals surface area contributed by atoms with Crippen LogP contribution in [0.1, 0.15) is 24.1 Å². The number of hydrogen-bond donors (Lipinski definition) is 0. The molecule has 0 fully saturated rings. The summed E-state index contributed by atoms with van der Waals surface area (Å²) >= 11 is 0. The summed E-state index contributed by atoms with van der Waals surface area (Å²) < 4.78 is 38.7. The van der Waals surface area contributed by atoms with Crippen molar-refractivity contribution in [2.75, 3.05) is 13.6 Å². The van der Waals surface area contributed by atoms with E-state index >= 15 is 0 Å². The van der Waals surface area contributed by atoms with Crippen molar-refractivity contribution in [2.45, 2.75) is 26.1 Å². The van der Waals surface area contributed by atoms with Gasteiger partial charge in [-0.25, -0.2) is 0 Å². The Hall–Kier alpha value is -1.03. The minimum absolute atomic E-state index is 0.294. The molecule has 1 rings (SSSR count). The third-order valence-corrected chi connectivity index (χ3v) is 2.64. The molecule has 0 aromatic heterocycles. The number of benzene rings is 1. The molecule has 90 valence electrons. The van der Waals surface area contributed by atoms with E-state index in [1.807, 2.05) is 6.92 Å². The average molecular weight is 231 g/mol. The second kappa shape index (κ2) is 4.87. The van der Waals surface area contributed by atoms with E-state index in [2.05, 4.69) is 0 Å². The van der Waals surface area contributed by atoms with Crippen LogP contribution in [0.4, 0.5) is 13.2 Å². The molecule has 0 saturated carbocycles. The maximum Gasteiger partial charge on any atom is 0.408 e. The van der Waals surface area contributed by atoms with Crippen molar-refractivity contribution in [3.63, 3.8) is 0 Å². The van der Waals surface area contributed by atoms with Crippen molar-refractivity contribution in [3.05, 3.63) is 35.4 Å². The van der Waals surface area contributed by atoms with Crippen molar-refractivity contribution in [2.24, 2.45) is 0 Å². The summed E-state index contributed by atoms with van der Waals surface area (Å²) in [5.41, 5.74) is 1.26. The Labute approximate surface area is 93.9 Å².